The molecule has 0 aliphatic rings. The van der Waals surface area contributed by atoms with Gasteiger partial charge in [0.05, 0.1) is 22.3 Å². The van der Waals surface area contributed by atoms with Gasteiger partial charge in [0.2, 0.25) is 0 Å². The Morgan fingerprint density at radius 3 is 0.810 bits per heavy atom. The summed E-state index contributed by atoms with van der Waals surface area (Å²) in [4.78, 5) is 26.4. The van der Waals surface area contributed by atoms with Gasteiger partial charge in [-0.25, -0.2) is 0 Å². The predicted molar refractivity (Wildman–Crippen MR) is 125 cm³/mol. The highest BCUT2D eigenvalue weighted by molar-refractivity contribution is 6.13. The van der Waals surface area contributed by atoms with Crippen molar-refractivity contribution in [2.45, 2.75) is 50.9 Å². The van der Waals surface area contributed by atoms with E-state index in [0.29, 0.717) is 6.07 Å². The highest BCUT2D eigenvalue weighted by Crippen LogP contribution is 2.39. The molecule has 3 aromatic rings. The summed E-state index contributed by atoms with van der Waals surface area (Å²) in [7, 11) is 0. The molecule has 0 saturated heterocycles. The Bertz CT molecular complexity index is 1360. The minimum Gasteiger partial charge on any atom is -0.289 e. The first-order valence-electron chi connectivity index (χ1n) is 11.6. The van der Waals surface area contributed by atoms with Gasteiger partial charge in [0.25, 0.3) is 0 Å². The minimum absolute atomic E-state index is 0.0859. The van der Waals surface area contributed by atoms with Crippen molar-refractivity contribution in [3.05, 3.63) is 105 Å². The Kier molecular flexibility index (Phi) is 8.14. The van der Waals surface area contributed by atoms with E-state index in [2.05, 4.69) is 0 Å². The second-order valence-electron chi connectivity index (χ2n) is 10.3. The van der Waals surface area contributed by atoms with Crippen LogP contribution in [0, 0.1) is 0 Å². The Labute approximate surface area is 230 Å². The molecule has 2 nitrogen and oxygen atoms in total. The van der Waals surface area contributed by atoms with Crippen LogP contribution in [0.15, 0.2) is 54.6 Å². The lowest BCUT2D eigenvalue weighted by molar-refractivity contribution is -0.144. The van der Waals surface area contributed by atoms with E-state index in [0.717, 1.165) is 12.1 Å². The molecule has 3 rings (SSSR count). The van der Waals surface area contributed by atoms with Crippen LogP contribution < -0.4 is 0 Å². The van der Waals surface area contributed by atoms with E-state index < -0.39 is 86.2 Å². The van der Waals surface area contributed by atoms with Gasteiger partial charge in [0.15, 0.2) is 11.6 Å². The van der Waals surface area contributed by atoms with Gasteiger partial charge in [-0.1, -0.05) is 20.8 Å². The maximum atomic E-state index is 13.3. The number of hydrogen-bond donors (Lipinski definition) is 0. The second kappa shape index (κ2) is 10.5. The molecule has 0 N–H and O–H groups in total. The van der Waals surface area contributed by atoms with E-state index >= 15 is 0 Å². The fourth-order valence-electron chi connectivity index (χ4n) is 3.83. The van der Waals surface area contributed by atoms with Crippen LogP contribution in [0.4, 0.5) is 52.7 Å². The molecule has 0 heterocycles. The Morgan fingerprint density at radius 1 is 0.381 bits per heavy atom. The molecule has 226 valence electrons. The fourth-order valence-corrected chi connectivity index (χ4v) is 3.83. The van der Waals surface area contributed by atoms with Gasteiger partial charge in [0, 0.05) is 22.3 Å². The number of alkyl halides is 12. The summed E-state index contributed by atoms with van der Waals surface area (Å²) in [5.41, 5.74) is -11.5. The van der Waals surface area contributed by atoms with Crippen molar-refractivity contribution in [3.8, 4) is 0 Å². The van der Waals surface area contributed by atoms with Gasteiger partial charge in [-0.15, -0.1) is 0 Å². The van der Waals surface area contributed by atoms with Gasteiger partial charge in [0.1, 0.15) is 0 Å². The average molecular weight is 614 g/mol. The molecule has 3 aromatic carbocycles. The van der Waals surface area contributed by atoms with Gasteiger partial charge in [-0.05, 0) is 65.6 Å². The van der Waals surface area contributed by atoms with Crippen LogP contribution in [0.3, 0.4) is 0 Å². The number of benzene rings is 3. The van der Waals surface area contributed by atoms with Gasteiger partial charge in [-0.3, -0.25) is 9.59 Å². The summed E-state index contributed by atoms with van der Waals surface area (Å²) in [6.45, 7) is 4.59. The fraction of sp³-hybridized carbons (Fsp3) is 0.286. The summed E-state index contributed by atoms with van der Waals surface area (Å²) in [6.07, 6.45) is -21.1. The van der Waals surface area contributed by atoms with Crippen LogP contribution in [0.1, 0.15) is 80.4 Å². The molecule has 0 amide bonds. The lowest BCUT2D eigenvalue weighted by atomic mass is 9.83. The zero-order valence-electron chi connectivity index (χ0n) is 21.5. The quantitative estimate of drug-likeness (QED) is 0.217. The molecule has 0 unspecified atom stereocenters. The van der Waals surface area contributed by atoms with Crippen LogP contribution in [0.25, 0.3) is 0 Å². The molecule has 0 aliphatic carbocycles. The Hall–Kier alpha value is -3.84. The summed E-state index contributed by atoms with van der Waals surface area (Å²) >= 11 is 0. The first kappa shape index (κ1) is 32.7. The standard InChI is InChI=1S/C28H18F12O2/c1-24(2,3)17-5-13(22(41)15-7-18(25(29,30)31)11-19(8-15)26(32,33)34)4-14(6-17)23(42)16-9-20(27(35,36)37)12-21(10-16)28(38,39)40/h4-12H,1-3H3. The summed E-state index contributed by atoms with van der Waals surface area (Å²) < 4.78 is 160. The maximum Gasteiger partial charge on any atom is 0.416 e. The molecule has 0 saturated carbocycles. The summed E-state index contributed by atoms with van der Waals surface area (Å²) in [5, 5.41) is 0. The first-order chi connectivity index (χ1) is 18.8. The number of halogens is 12. The van der Waals surface area contributed by atoms with Crippen LogP contribution in [0.2, 0.25) is 0 Å². The SMILES string of the molecule is CC(C)(C)c1cc(C(=O)c2cc(C(F)(F)F)cc(C(F)(F)F)c2)cc(C(=O)c2cc(C(F)(F)F)cc(C(F)(F)F)c2)c1. The molecule has 0 fully saturated rings. The van der Waals surface area contributed by atoms with E-state index in [1.165, 1.54) is 20.8 Å². The topological polar surface area (TPSA) is 34.1 Å². The normalized spacial score (nSPS) is 13.3. The number of ketones is 2. The molecule has 0 radical (unpaired) electrons. The van der Waals surface area contributed by atoms with E-state index in [1.807, 2.05) is 0 Å². The molecule has 0 bridgehead atoms. The highest BCUT2D eigenvalue weighted by atomic mass is 19.4. The third kappa shape index (κ3) is 7.32. The molecule has 0 atom stereocenters. The molecule has 0 aromatic heterocycles. The Balaban J connectivity index is 2.26. The highest BCUT2D eigenvalue weighted by Gasteiger charge is 2.39. The first-order valence-corrected chi connectivity index (χ1v) is 11.6. The van der Waals surface area contributed by atoms with Crippen molar-refractivity contribution in [2.24, 2.45) is 0 Å². The zero-order valence-corrected chi connectivity index (χ0v) is 21.5. The molecular weight excluding hydrogens is 596 g/mol. The lowest BCUT2D eigenvalue weighted by Crippen LogP contribution is -2.17. The van der Waals surface area contributed by atoms with Crippen LogP contribution >= 0.6 is 0 Å². The third-order valence-corrected chi connectivity index (χ3v) is 6.02. The van der Waals surface area contributed by atoms with E-state index in [4.69, 9.17) is 0 Å². The molecule has 0 aliphatic heterocycles. The minimum atomic E-state index is -5.29. The van der Waals surface area contributed by atoms with Crippen molar-refractivity contribution in [1.82, 2.24) is 0 Å². The lowest BCUT2D eigenvalue weighted by Gasteiger charge is -2.21. The molecular formula is C28H18F12O2. The largest absolute Gasteiger partial charge is 0.416 e. The van der Waals surface area contributed by atoms with Crippen LogP contribution in [0.5, 0.6) is 0 Å². The monoisotopic (exact) mass is 614 g/mol. The van der Waals surface area contributed by atoms with Gasteiger partial charge >= 0.3 is 24.7 Å². The van der Waals surface area contributed by atoms with Gasteiger partial charge in [-0.2, -0.15) is 52.7 Å². The number of hydrogen-bond acceptors (Lipinski definition) is 2. The van der Waals surface area contributed by atoms with Gasteiger partial charge < -0.3 is 0 Å². The molecule has 0 spiro atoms. The molecule has 42 heavy (non-hydrogen) atoms. The van der Waals surface area contributed by atoms with Crippen LogP contribution in [-0.4, -0.2) is 11.6 Å². The third-order valence-electron chi connectivity index (χ3n) is 6.02. The van der Waals surface area contributed by atoms with Crippen molar-refractivity contribution >= 4 is 11.6 Å². The predicted octanol–water partition coefficient (Wildman–Crippen LogP) is 9.52. The van der Waals surface area contributed by atoms with Crippen molar-refractivity contribution in [3.63, 3.8) is 0 Å². The van der Waals surface area contributed by atoms with E-state index in [-0.39, 0.29) is 42.0 Å². The molecule has 14 heteroatoms. The van der Waals surface area contributed by atoms with Crippen LogP contribution in [-0.2, 0) is 30.1 Å². The maximum absolute atomic E-state index is 13.3. The van der Waals surface area contributed by atoms with Crippen molar-refractivity contribution in [1.29, 1.82) is 0 Å². The average Bonchev–Trinajstić information content (AvgIpc) is 2.84. The smallest absolute Gasteiger partial charge is 0.289 e. The zero-order chi connectivity index (χ0) is 32.2. The van der Waals surface area contributed by atoms with E-state index in [1.54, 1.807) is 0 Å². The number of rotatable bonds is 4. The summed E-state index contributed by atoms with van der Waals surface area (Å²) in [5.74, 6) is -2.82. The van der Waals surface area contributed by atoms with Crippen molar-refractivity contribution < 1.29 is 62.3 Å². The summed E-state index contributed by atoms with van der Waals surface area (Å²) in [6, 6.07) is 3.01. The van der Waals surface area contributed by atoms with E-state index in [9.17, 15) is 62.3 Å². The van der Waals surface area contributed by atoms with Crippen molar-refractivity contribution in [2.75, 3.05) is 0 Å². The number of carbonyl (C=O) groups is 2. The Morgan fingerprint density at radius 2 is 0.595 bits per heavy atom. The number of carbonyl (C=O) groups excluding carboxylic acids is 2. The second-order valence-corrected chi connectivity index (χ2v) is 10.3.